The van der Waals surface area contributed by atoms with E-state index in [1.165, 1.54) is 12.1 Å². The second kappa shape index (κ2) is 9.18. The summed E-state index contributed by atoms with van der Waals surface area (Å²) in [5.41, 5.74) is 7.86. The average molecular weight is 439 g/mol. The van der Waals surface area contributed by atoms with Crippen molar-refractivity contribution in [2.75, 3.05) is 16.8 Å². The van der Waals surface area contributed by atoms with E-state index in [2.05, 4.69) is 24.5 Å². The summed E-state index contributed by atoms with van der Waals surface area (Å²) >= 11 is 0. The molecule has 0 aromatic heterocycles. The Balaban J connectivity index is 1.75. The zero-order valence-corrected chi connectivity index (χ0v) is 17.4. The summed E-state index contributed by atoms with van der Waals surface area (Å²) in [7, 11) is 0. The molecule has 0 amide bonds. The number of nitrogens with two attached hydrogens (primary N) is 1. The second-order valence-corrected chi connectivity index (χ2v) is 7.68. The fourth-order valence-electron chi connectivity index (χ4n) is 3.87. The number of nitriles is 1. The Morgan fingerprint density at radius 1 is 1.19 bits per heavy atom. The van der Waals surface area contributed by atoms with Crippen LogP contribution in [0.25, 0.3) is 0 Å². The Kier molecular flexibility index (Phi) is 6.58. The van der Waals surface area contributed by atoms with Crippen LogP contribution in [0.1, 0.15) is 24.0 Å². The van der Waals surface area contributed by atoms with E-state index < -0.39 is 17.7 Å². The van der Waals surface area contributed by atoms with Crippen LogP contribution in [0.15, 0.2) is 73.1 Å². The van der Waals surface area contributed by atoms with Crippen molar-refractivity contribution in [3.8, 4) is 6.07 Å². The highest BCUT2D eigenvalue weighted by atomic mass is 19.4. The number of nitrogen functional groups attached to an aromatic ring is 1. The van der Waals surface area contributed by atoms with E-state index in [1.54, 1.807) is 24.3 Å². The molecular formula is C24H24F3N5. The van der Waals surface area contributed by atoms with Gasteiger partial charge in [-0.2, -0.15) is 18.4 Å². The van der Waals surface area contributed by atoms with Gasteiger partial charge in [0.15, 0.2) is 0 Å². The molecule has 2 unspecified atom stereocenters. The summed E-state index contributed by atoms with van der Waals surface area (Å²) in [5, 5.41) is 20.5. The first-order chi connectivity index (χ1) is 15.1. The largest absolute Gasteiger partial charge is 0.416 e. The number of nitrogens with zero attached hydrogens (tertiary/aromatic N) is 2. The molecule has 0 bridgehead atoms. The number of rotatable bonds is 6. The molecule has 5 nitrogen and oxygen atoms in total. The lowest BCUT2D eigenvalue weighted by Gasteiger charge is -2.39. The third-order valence-corrected chi connectivity index (χ3v) is 5.60. The molecule has 0 radical (unpaired) electrons. The maximum absolute atomic E-state index is 12.9. The van der Waals surface area contributed by atoms with Crippen LogP contribution >= 0.6 is 0 Å². The molecule has 8 heteroatoms. The molecule has 32 heavy (non-hydrogen) atoms. The Morgan fingerprint density at radius 3 is 2.34 bits per heavy atom. The quantitative estimate of drug-likeness (QED) is 0.410. The number of halogens is 3. The molecule has 2 aromatic carbocycles. The van der Waals surface area contributed by atoms with Gasteiger partial charge in [0.2, 0.25) is 0 Å². The van der Waals surface area contributed by atoms with Crippen molar-refractivity contribution in [2.24, 2.45) is 17.6 Å². The molecule has 1 fully saturated rings. The molecule has 1 aliphatic heterocycles. The first-order valence-corrected chi connectivity index (χ1v) is 10.1. The zero-order chi connectivity index (χ0) is 23.5. The number of hydrogen-bond acceptors (Lipinski definition) is 4. The van der Waals surface area contributed by atoms with E-state index in [9.17, 15) is 18.4 Å². The molecule has 166 valence electrons. The SMILES string of the molecule is C=C(Nc1ccc(C(=N)N)cc1)C(C#N)C1CCCN(c2ccc(C(F)(F)F)cc2)C1=C. The number of benzene rings is 2. The van der Waals surface area contributed by atoms with Gasteiger partial charge >= 0.3 is 6.18 Å². The summed E-state index contributed by atoms with van der Waals surface area (Å²) in [6, 6.07) is 14.2. The van der Waals surface area contributed by atoms with Gasteiger partial charge in [0.1, 0.15) is 5.84 Å². The average Bonchev–Trinajstić information content (AvgIpc) is 2.75. The maximum Gasteiger partial charge on any atom is 0.416 e. The van der Waals surface area contributed by atoms with Gasteiger partial charge in [-0.3, -0.25) is 5.41 Å². The van der Waals surface area contributed by atoms with Crippen LogP contribution in [-0.2, 0) is 6.18 Å². The Morgan fingerprint density at radius 2 is 1.81 bits per heavy atom. The van der Waals surface area contributed by atoms with Crippen LogP contribution in [0.3, 0.4) is 0 Å². The Bertz CT molecular complexity index is 1050. The van der Waals surface area contributed by atoms with Crippen LogP contribution in [0.4, 0.5) is 24.5 Å². The highest BCUT2D eigenvalue weighted by Crippen LogP contribution is 2.38. The molecule has 4 N–H and O–H groups in total. The van der Waals surface area contributed by atoms with Gasteiger partial charge in [-0.1, -0.05) is 13.2 Å². The second-order valence-electron chi connectivity index (χ2n) is 7.68. The van der Waals surface area contributed by atoms with E-state index in [1.807, 2.05) is 4.90 Å². The van der Waals surface area contributed by atoms with Crippen molar-refractivity contribution in [2.45, 2.75) is 19.0 Å². The molecule has 0 aliphatic carbocycles. The number of hydrogen-bond donors (Lipinski definition) is 3. The lowest BCUT2D eigenvalue weighted by atomic mass is 9.82. The van der Waals surface area contributed by atoms with E-state index in [4.69, 9.17) is 11.1 Å². The number of amidine groups is 1. The molecule has 0 spiro atoms. The summed E-state index contributed by atoms with van der Waals surface area (Å²) in [4.78, 5) is 1.87. The van der Waals surface area contributed by atoms with Crippen molar-refractivity contribution in [1.82, 2.24) is 0 Å². The van der Waals surface area contributed by atoms with E-state index in [0.29, 0.717) is 34.9 Å². The molecule has 3 rings (SSSR count). The van der Waals surface area contributed by atoms with Gasteiger partial charge < -0.3 is 16.0 Å². The number of allylic oxidation sites excluding steroid dienone is 2. The molecule has 1 heterocycles. The summed E-state index contributed by atoms with van der Waals surface area (Å²) in [6.07, 6.45) is -2.90. The lowest BCUT2D eigenvalue weighted by Crippen LogP contribution is -2.36. The number of piperidine rings is 1. The van der Waals surface area contributed by atoms with Crippen molar-refractivity contribution in [1.29, 1.82) is 10.7 Å². The molecule has 1 aliphatic rings. The molecule has 2 atom stereocenters. The number of alkyl halides is 3. The number of anilines is 2. The topological polar surface area (TPSA) is 88.9 Å². The fourth-order valence-corrected chi connectivity index (χ4v) is 3.87. The van der Waals surface area contributed by atoms with Gasteiger partial charge in [0, 0.05) is 40.8 Å². The van der Waals surface area contributed by atoms with Crippen LogP contribution in [0.2, 0.25) is 0 Å². The minimum absolute atomic E-state index is 0.0351. The minimum atomic E-state index is -4.39. The molecular weight excluding hydrogens is 415 g/mol. The van der Waals surface area contributed by atoms with Crippen molar-refractivity contribution in [3.63, 3.8) is 0 Å². The molecule has 2 aromatic rings. The van der Waals surface area contributed by atoms with Crippen LogP contribution in [0, 0.1) is 28.6 Å². The van der Waals surface area contributed by atoms with Crippen molar-refractivity contribution in [3.05, 3.63) is 84.2 Å². The highest BCUT2D eigenvalue weighted by molar-refractivity contribution is 5.95. The smallest absolute Gasteiger partial charge is 0.384 e. The predicted octanol–water partition coefficient (Wildman–Crippen LogP) is 5.49. The van der Waals surface area contributed by atoms with Gasteiger partial charge in [-0.05, 0) is 61.4 Å². The van der Waals surface area contributed by atoms with Crippen LogP contribution < -0.4 is 16.0 Å². The first kappa shape index (κ1) is 22.9. The van der Waals surface area contributed by atoms with Gasteiger partial charge in [0.05, 0.1) is 17.6 Å². The predicted molar refractivity (Wildman–Crippen MR) is 120 cm³/mol. The van der Waals surface area contributed by atoms with Crippen LogP contribution in [-0.4, -0.2) is 12.4 Å². The van der Waals surface area contributed by atoms with Crippen molar-refractivity contribution >= 4 is 17.2 Å². The molecule has 0 saturated carbocycles. The number of nitrogens with one attached hydrogen (secondary N) is 2. The Hall–Kier alpha value is -3.73. The lowest BCUT2D eigenvalue weighted by molar-refractivity contribution is -0.137. The summed E-state index contributed by atoms with van der Waals surface area (Å²) in [6.45, 7) is 8.82. The first-order valence-electron chi connectivity index (χ1n) is 10.1. The van der Waals surface area contributed by atoms with Gasteiger partial charge in [0.25, 0.3) is 0 Å². The molecule has 1 saturated heterocycles. The standard InChI is InChI=1S/C24H24F3N5/c1-15(31-19-9-5-17(6-10-19)23(29)30)22(14-28)21-4-3-13-32(16(21)2)20-11-7-18(8-12-20)24(25,26)27/h5-12,21-22,31H,1-4,13H2,(H3,29,30). The third-order valence-electron chi connectivity index (χ3n) is 5.60. The normalized spacial score (nSPS) is 17.4. The fraction of sp³-hybridized carbons (Fsp3) is 0.250. The van der Waals surface area contributed by atoms with E-state index >= 15 is 0 Å². The minimum Gasteiger partial charge on any atom is -0.384 e. The third kappa shape index (κ3) is 4.94. The highest BCUT2D eigenvalue weighted by Gasteiger charge is 2.34. The maximum atomic E-state index is 12.9. The van der Waals surface area contributed by atoms with Gasteiger partial charge in [-0.15, -0.1) is 0 Å². The van der Waals surface area contributed by atoms with Gasteiger partial charge in [-0.25, -0.2) is 0 Å². The monoisotopic (exact) mass is 439 g/mol. The summed E-state index contributed by atoms with van der Waals surface area (Å²) < 4.78 is 38.6. The van der Waals surface area contributed by atoms with Crippen molar-refractivity contribution < 1.29 is 13.2 Å². The van der Waals surface area contributed by atoms with Crippen LogP contribution in [0.5, 0.6) is 0 Å². The van der Waals surface area contributed by atoms with E-state index in [0.717, 1.165) is 25.0 Å². The Labute approximate surface area is 185 Å². The van der Waals surface area contributed by atoms with E-state index in [-0.39, 0.29) is 11.8 Å². The zero-order valence-electron chi connectivity index (χ0n) is 17.4. The summed E-state index contributed by atoms with van der Waals surface area (Å²) in [5.74, 6) is -0.841.